The van der Waals surface area contributed by atoms with Crippen molar-refractivity contribution in [2.75, 3.05) is 61.2 Å². The van der Waals surface area contributed by atoms with Gasteiger partial charge in [-0.15, -0.1) is 0 Å². The highest BCUT2D eigenvalue weighted by Gasteiger charge is 2.48. The molecule has 1 saturated carbocycles. The molecule has 1 N–H and O–H groups in total. The zero-order valence-electron chi connectivity index (χ0n) is 21.7. The predicted molar refractivity (Wildman–Crippen MR) is 130 cm³/mol. The van der Waals surface area contributed by atoms with Gasteiger partial charge in [0.2, 0.25) is 5.91 Å². The van der Waals surface area contributed by atoms with E-state index in [1.165, 1.54) is 24.8 Å². The van der Waals surface area contributed by atoms with Crippen molar-refractivity contribution < 1.29 is 19.4 Å². The van der Waals surface area contributed by atoms with Crippen molar-refractivity contribution in [3.8, 4) is 0 Å². The second kappa shape index (κ2) is 12.0. The average Bonchev–Trinajstić information content (AvgIpc) is 2.74. The van der Waals surface area contributed by atoms with Gasteiger partial charge in [0.25, 0.3) is 0 Å². The number of aliphatic hydroxyl groups is 1. The average molecular weight is 453 g/mol. The Morgan fingerprint density at radius 2 is 1.81 bits per heavy atom. The highest BCUT2D eigenvalue weighted by molar-refractivity contribution is 5.82. The minimum absolute atomic E-state index is 0.0570. The van der Waals surface area contributed by atoms with E-state index in [4.69, 9.17) is 9.47 Å². The van der Waals surface area contributed by atoms with E-state index in [0.717, 1.165) is 38.8 Å². The summed E-state index contributed by atoms with van der Waals surface area (Å²) >= 11 is 0. The van der Waals surface area contributed by atoms with Crippen LogP contribution in [0.5, 0.6) is 0 Å². The number of amides is 1. The Bertz CT molecular complexity index is 644. The standard InChI is InChI=1S/C26H48N2O4/c1-8-10-22-20(2)23-12-11-21(22)17-26(23,30)13-16-27(4)14-9-15-28(5)24(29)25(3,18-31-6)19-32-7/h21,23,30H,8-19H2,1-7H3. The van der Waals surface area contributed by atoms with Crippen LogP contribution in [0.3, 0.4) is 0 Å². The maximum Gasteiger partial charge on any atom is 0.232 e. The molecule has 0 radical (unpaired) electrons. The Balaban J connectivity index is 1.80. The van der Waals surface area contributed by atoms with Crippen molar-refractivity contribution >= 4 is 5.91 Å². The Kier molecular flexibility index (Phi) is 10.2. The van der Waals surface area contributed by atoms with Gasteiger partial charge in [0.05, 0.1) is 24.2 Å². The highest BCUT2D eigenvalue weighted by atomic mass is 16.5. The lowest BCUT2D eigenvalue weighted by Gasteiger charge is -2.51. The maximum atomic E-state index is 12.9. The van der Waals surface area contributed by atoms with Crippen LogP contribution in [-0.4, -0.2) is 87.6 Å². The van der Waals surface area contributed by atoms with Gasteiger partial charge in [0.1, 0.15) is 0 Å². The summed E-state index contributed by atoms with van der Waals surface area (Å²) in [5.74, 6) is 0.982. The number of rotatable bonds is 14. The van der Waals surface area contributed by atoms with Gasteiger partial charge >= 0.3 is 0 Å². The van der Waals surface area contributed by atoms with Crippen molar-refractivity contribution in [3.05, 3.63) is 11.1 Å². The van der Waals surface area contributed by atoms with E-state index in [-0.39, 0.29) is 5.91 Å². The molecule has 0 heterocycles. The zero-order valence-corrected chi connectivity index (χ0v) is 21.7. The SMILES string of the molecule is CCCC1=C(C)C2CCC1CC2(O)CCN(C)CCCN(C)C(=O)C(C)(COC)COC. The van der Waals surface area contributed by atoms with Gasteiger partial charge in [-0.2, -0.15) is 0 Å². The summed E-state index contributed by atoms with van der Waals surface area (Å²) in [4.78, 5) is 17.0. The topological polar surface area (TPSA) is 62.2 Å². The highest BCUT2D eigenvalue weighted by Crippen LogP contribution is 2.52. The Morgan fingerprint density at radius 1 is 1.16 bits per heavy atom. The number of hydrogen-bond acceptors (Lipinski definition) is 5. The third-order valence-corrected chi connectivity index (χ3v) is 7.84. The van der Waals surface area contributed by atoms with Crippen molar-refractivity contribution in [2.24, 2.45) is 17.3 Å². The predicted octanol–water partition coefficient (Wildman–Crippen LogP) is 3.73. The third kappa shape index (κ3) is 6.34. The van der Waals surface area contributed by atoms with Crippen LogP contribution in [0.4, 0.5) is 0 Å². The number of carbonyl (C=O) groups is 1. The molecule has 0 aromatic heterocycles. The van der Waals surface area contributed by atoms with E-state index in [1.807, 2.05) is 14.0 Å². The fraction of sp³-hybridized carbons (Fsp3) is 0.885. The van der Waals surface area contributed by atoms with Crippen LogP contribution in [0.2, 0.25) is 0 Å². The molecule has 2 bridgehead atoms. The van der Waals surface area contributed by atoms with Crippen LogP contribution in [-0.2, 0) is 14.3 Å². The van der Waals surface area contributed by atoms with Gasteiger partial charge in [0, 0.05) is 40.3 Å². The maximum absolute atomic E-state index is 12.9. The van der Waals surface area contributed by atoms with Gasteiger partial charge in [-0.05, 0) is 71.9 Å². The molecule has 0 aromatic rings. The van der Waals surface area contributed by atoms with Crippen molar-refractivity contribution in [1.29, 1.82) is 0 Å². The smallest absolute Gasteiger partial charge is 0.232 e. The van der Waals surface area contributed by atoms with E-state index in [0.29, 0.717) is 31.6 Å². The molecule has 3 aliphatic rings. The molecule has 186 valence electrons. The molecule has 1 fully saturated rings. The number of methoxy groups -OCH3 is 2. The molecule has 6 heteroatoms. The Morgan fingerprint density at radius 3 is 2.38 bits per heavy atom. The van der Waals surface area contributed by atoms with Crippen LogP contribution in [0.1, 0.15) is 65.7 Å². The Labute approximate surface area is 196 Å². The number of carbonyl (C=O) groups excluding carboxylic acids is 1. The minimum Gasteiger partial charge on any atom is -0.389 e. The fourth-order valence-corrected chi connectivity index (χ4v) is 6.16. The Hall–Kier alpha value is -0.950. The minimum atomic E-state index is -0.657. The number of hydrogen-bond donors (Lipinski definition) is 1. The second-order valence-corrected chi connectivity index (χ2v) is 10.7. The van der Waals surface area contributed by atoms with Gasteiger partial charge in [-0.1, -0.05) is 24.5 Å². The summed E-state index contributed by atoms with van der Waals surface area (Å²) in [7, 11) is 7.21. The van der Waals surface area contributed by atoms with E-state index >= 15 is 0 Å². The summed E-state index contributed by atoms with van der Waals surface area (Å²) in [6.45, 7) is 9.60. The molecule has 3 aliphatic carbocycles. The van der Waals surface area contributed by atoms with Crippen LogP contribution in [0, 0.1) is 17.3 Å². The number of fused-ring (bicyclic) bond motifs is 2. The van der Waals surface area contributed by atoms with E-state index in [9.17, 15) is 9.90 Å². The van der Waals surface area contributed by atoms with Crippen LogP contribution in [0.25, 0.3) is 0 Å². The summed E-state index contributed by atoms with van der Waals surface area (Å²) in [6.07, 6.45) is 7.45. The van der Waals surface area contributed by atoms with Crippen LogP contribution < -0.4 is 0 Å². The molecule has 6 nitrogen and oxygen atoms in total. The van der Waals surface area contributed by atoms with Gasteiger partial charge in [-0.3, -0.25) is 4.79 Å². The van der Waals surface area contributed by atoms with E-state index < -0.39 is 11.0 Å². The first kappa shape index (κ1) is 27.3. The third-order valence-electron chi connectivity index (χ3n) is 7.84. The number of nitrogens with zero attached hydrogens (tertiary/aromatic N) is 2. The van der Waals surface area contributed by atoms with Crippen molar-refractivity contribution in [1.82, 2.24) is 9.80 Å². The number of ether oxygens (including phenoxy) is 2. The molecule has 3 unspecified atom stereocenters. The first-order valence-corrected chi connectivity index (χ1v) is 12.5. The fourth-order valence-electron chi connectivity index (χ4n) is 6.16. The first-order valence-electron chi connectivity index (χ1n) is 12.5. The normalized spacial score (nSPS) is 25.7. The lowest BCUT2D eigenvalue weighted by molar-refractivity contribution is -0.146. The van der Waals surface area contributed by atoms with Gasteiger partial charge in [0.15, 0.2) is 0 Å². The quantitative estimate of drug-likeness (QED) is 0.407. The lowest BCUT2D eigenvalue weighted by atomic mass is 9.58. The van der Waals surface area contributed by atoms with E-state index in [2.05, 4.69) is 25.8 Å². The molecule has 0 aromatic carbocycles. The molecule has 32 heavy (non-hydrogen) atoms. The molecule has 3 rings (SSSR count). The number of allylic oxidation sites excluding steroid dienone is 1. The summed E-state index contributed by atoms with van der Waals surface area (Å²) in [5, 5.41) is 11.5. The monoisotopic (exact) mass is 452 g/mol. The van der Waals surface area contributed by atoms with Crippen molar-refractivity contribution in [2.45, 2.75) is 71.3 Å². The molecular weight excluding hydrogens is 404 g/mol. The molecule has 0 saturated heterocycles. The van der Waals surface area contributed by atoms with Gasteiger partial charge in [-0.25, -0.2) is 0 Å². The first-order chi connectivity index (χ1) is 15.1. The van der Waals surface area contributed by atoms with Gasteiger partial charge < -0.3 is 24.4 Å². The largest absolute Gasteiger partial charge is 0.389 e. The zero-order chi connectivity index (χ0) is 23.9. The van der Waals surface area contributed by atoms with E-state index in [1.54, 1.807) is 24.7 Å². The van der Waals surface area contributed by atoms with Crippen LogP contribution >= 0.6 is 0 Å². The van der Waals surface area contributed by atoms with Crippen molar-refractivity contribution in [3.63, 3.8) is 0 Å². The van der Waals surface area contributed by atoms with Crippen LogP contribution in [0.15, 0.2) is 11.1 Å². The summed E-state index contributed by atoms with van der Waals surface area (Å²) in [5.41, 5.74) is 1.92. The molecule has 3 atom stereocenters. The second-order valence-electron chi connectivity index (χ2n) is 10.7. The molecule has 0 spiro atoms. The lowest BCUT2D eigenvalue weighted by Crippen LogP contribution is -2.50. The summed E-state index contributed by atoms with van der Waals surface area (Å²) < 4.78 is 10.5. The molecular formula is C26H48N2O4. The molecule has 0 aliphatic heterocycles. The summed E-state index contributed by atoms with van der Waals surface area (Å²) in [6, 6.07) is 0. The molecule has 1 amide bonds.